The fraction of sp³-hybridized carbons (Fsp3) is 0.833. The van der Waals surface area contributed by atoms with Crippen molar-refractivity contribution in [2.45, 2.75) is 70.4 Å². The second-order valence-corrected chi connectivity index (χ2v) is 12.3. The highest BCUT2D eigenvalue weighted by molar-refractivity contribution is 9.15. The maximum atomic E-state index is 11.6. The molecule has 134 valence electrons. The van der Waals surface area contributed by atoms with E-state index in [4.69, 9.17) is 0 Å². The van der Waals surface area contributed by atoms with Crippen LogP contribution in [-0.4, -0.2) is 14.7 Å². The molecule has 0 aliphatic carbocycles. The van der Waals surface area contributed by atoms with Gasteiger partial charge in [0.15, 0.2) is 0 Å². The van der Waals surface area contributed by atoms with Crippen molar-refractivity contribution in [3.8, 4) is 0 Å². The van der Waals surface area contributed by atoms with E-state index in [1.165, 1.54) is 19.3 Å². The zero-order chi connectivity index (χ0) is 17.8. The Kier molecular flexibility index (Phi) is 8.21. The van der Waals surface area contributed by atoms with Crippen molar-refractivity contribution in [3.63, 3.8) is 0 Å². The molecule has 0 spiro atoms. The van der Waals surface area contributed by atoms with Crippen LogP contribution in [0.15, 0.2) is 9.89 Å². The summed E-state index contributed by atoms with van der Waals surface area (Å²) in [6.07, 6.45) is 7.83. The Morgan fingerprint density at radius 3 is 2.48 bits per heavy atom. The molecule has 0 amide bonds. The summed E-state index contributed by atoms with van der Waals surface area (Å²) in [5.41, 5.74) is -0.112. The first kappa shape index (κ1) is 21.6. The summed E-state index contributed by atoms with van der Waals surface area (Å²) in [6, 6.07) is 0. The Hall–Kier alpha value is 0.520. The van der Waals surface area contributed by atoms with Gasteiger partial charge in [0, 0.05) is 3.81 Å². The summed E-state index contributed by atoms with van der Waals surface area (Å²) in [5.74, 6) is 0.198. The molecule has 1 N–H and O–H groups in total. The molecule has 0 saturated heterocycles. The predicted molar refractivity (Wildman–Crippen MR) is 108 cm³/mol. The highest BCUT2D eigenvalue weighted by Gasteiger charge is 2.54. The van der Waals surface area contributed by atoms with Gasteiger partial charge in [-0.25, -0.2) is 0 Å². The minimum absolute atomic E-state index is 0.112. The van der Waals surface area contributed by atoms with Crippen molar-refractivity contribution in [2.75, 3.05) is 0 Å². The van der Waals surface area contributed by atoms with E-state index in [2.05, 4.69) is 66.5 Å². The first-order chi connectivity index (χ1) is 10.5. The highest BCUT2D eigenvalue weighted by atomic mass is 79.9. The van der Waals surface area contributed by atoms with Gasteiger partial charge < -0.3 is 5.11 Å². The van der Waals surface area contributed by atoms with Gasteiger partial charge in [-0.1, -0.05) is 88.0 Å². The van der Waals surface area contributed by atoms with Crippen molar-refractivity contribution in [2.24, 2.45) is 23.2 Å². The summed E-state index contributed by atoms with van der Waals surface area (Å²) >= 11 is 8.87. The molecule has 0 fully saturated rings. The highest BCUT2D eigenvalue weighted by Crippen LogP contribution is 2.62. The number of halogens is 2. The topological polar surface area (TPSA) is 37.3 Å². The van der Waals surface area contributed by atoms with Crippen molar-refractivity contribution >= 4 is 49.6 Å². The van der Waals surface area contributed by atoms with E-state index in [1.54, 1.807) is 11.8 Å². The van der Waals surface area contributed by atoms with Gasteiger partial charge in [0.1, 0.15) is 5.92 Å². The van der Waals surface area contributed by atoms with Crippen LogP contribution >= 0.6 is 43.6 Å². The number of alkyl halides is 1. The molecular weight excluding hydrogens is 440 g/mol. The number of carboxylic acid groups (broad SMARTS) is 1. The molecule has 0 saturated carbocycles. The Balaban J connectivity index is 2.62. The van der Waals surface area contributed by atoms with Crippen LogP contribution < -0.4 is 0 Å². The average Bonchev–Trinajstić information content (AvgIpc) is 2.73. The number of hydrogen-bond donors (Lipinski definition) is 1. The van der Waals surface area contributed by atoms with E-state index in [-0.39, 0.29) is 5.41 Å². The lowest BCUT2D eigenvalue weighted by atomic mass is 9.76. The number of aliphatic carboxylic acids is 1. The molecule has 0 aromatic carbocycles. The van der Waals surface area contributed by atoms with Crippen LogP contribution in [0.5, 0.6) is 0 Å². The summed E-state index contributed by atoms with van der Waals surface area (Å²) in [5, 5.41) is 9.57. The molecule has 1 heterocycles. The third kappa shape index (κ3) is 5.78. The molecule has 1 aliphatic rings. The molecule has 0 radical (unpaired) electrons. The van der Waals surface area contributed by atoms with Gasteiger partial charge in [-0.05, 0) is 45.7 Å². The largest absolute Gasteiger partial charge is 0.481 e. The van der Waals surface area contributed by atoms with E-state index in [0.717, 1.165) is 22.6 Å². The molecule has 1 aliphatic heterocycles. The van der Waals surface area contributed by atoms with Crippen LogP contribution in [0, 0.1) is 23.2 Å². The van der Waals surface area contributed by atoms with Crippen LogP contribution in [-0.2, 0) is 4.79 Å². The number of thioether (sulfide) groups is 1. The normalized spacial score (nSPS) is 26.4. The zero-order valence-electron chi connectivity index (χ0n) is 14.9. The smallest absolute Gasteiger partial charge is 0.312 e. The quantitative estimate of drug-likeness (QED) is 0.368. The lowest BCUT2D eigenvalue weighted by Gasteiger charge is -2.42. The van der Waals surface area contributed by atoms with E-state index >= 15 is 0 Å². The van der Waals surface area contributed by atoms with Crippen molar-refractivity contribution in [1.29, 1.82) is 0 Å². The number of rotatable bonds is 9. The van der Waals surface area contributed by atoms with Gasteiger partial charge in [0.05, 0.1) is 3.66 Å². The van der Waals surface area contributed by atoms with Gasteiger partial charge in [-0.15, -0.1) is 0 Å². The molecule has 3 unspecified atom stereocenters. The van der Waals surface area contributed by atoms with Crippen LogP contribution in [0.1, 0.15) is 66.7 Å². The summed E-state index contributed by atoms with van der Waals surface area (Å²) in [4.78, 5) is 11.6. The second kappa shape index (κ2) is 8.75. The third-order valence-corrected chi connectivity index (χ3v) is 9.11. The minimum Gasteiger partial charge on any atom is -0.481 e. The average molecular weight is 470 g/mol. The van der Waals surface area contributed by atoms with Gasteiger partial charge in [0.25, 0.3) is 0 Å². The first-order valence-electron chi connectivity index (χ1n) is 8.47. The fourth-order valence-corrected chi connectivity index (χ4v) is 6.96. The van der Waals surface area contributed by atoms with Crippen molar-refractivity contribution in [1.82, 2.24) is 0 Å². The monoisotopic (exact) mass is 468 g/mol. The lowest BCUT2D eigenvalue weighted by molar-refractivity contribution is -0.141. The molecule has 5 heteroatoms. The van der Waals surface area contributed by atoms with Gasteiger partial charge in [-0.3, -0.25) is 4.79 Å². The Labute approximate surface area is 162 Å². The summed E-state index contributed by atoms with van der Waals surface area (Å²) < 4.78 is 0.433. The Morgan fingerprint density at radius 1 is 1.35 bits per heavy atom. The zero-order valence-corrected chi connectivity index (χ0v) is 18.9. The van der Waals surface area contributed by atoms with Crippen LogP contribution in [0.3, 0.4) is 0 Å². The predicted octanol–water partition coefficient (Wildman–Crippen LogP) is 7.03. The Morgan fingerprint density at radius 2 is 1.96 bits per heavy atom. The molecule has 0 aromatic rings. The van der Waals surface area contributed by atoms with Crippen LogP contribution in [0.4, 0.5) is 0 Å². The van der Waals surface area contributed by atoms with Gasteiger partial charge in [0.2, 0.25) is 0 Å². The number of carboxylic acids is 1. The third-order valence-electron chi connectivity index (χ3n) is 4.87. The van der Waals surface area contributed by atoms with E-state index in [9.17, 15) is 9.90 Å². The first-order valence-corrected chi connectivity index (χ1v) is 10.9. The molecule has 3 atom stereocenters. The lowest BCUT2D eigenvalue weighted by Crippen LogP contribution is -2.43. The SMILES string of the molecule is CC(C)CCCC(C)CCC(C)(C)C1(Br)SC(Br)=CC1C(=O)O. The maximum absolute atomic E-state index is 11.6. The summed E-state index contributed by atoms with van der Waals surface area (Å²) in [6.45, 7) is 11.2. The van der Waals surface area contributed by atoms with E-state index in [0.29, 0.717) is 5.92 Å². The van der Waals surface area contributed by atoms with Crippen LogP contribution in [0.25, 0.3) is 0 Å². The van der Waals surface area contributed by atoms with Crippen molar-refractivity contribution < 1.29 is 9.90 Å². The van der Waals surface area contributed by atoms with Gasteiger partial charge >= 0.3 is 5.97 Å². The molecule has 0 aromatic heterocycles. The molecule has 0 bridgehead atoms. The van der Waals surface area contributed by atoms with Crippen molar-refractivity contribution in [3.05, 3.63) is 9.89 Å². The van der Waals surface area contributed by atoms with E-state index < -0.39 is 15.5 Å². The molecule has 23 heavy (non-hydrogen) atoms. The number of hydrogen-bond acceptors (Lipinski definition) is 2. The van der Waals surface area contributed by atoms with Gasteiger partial charge in [-0.2, -0.15) is 0 Å². The molecule has 2 nitrogen and oxygen atoms in total. The fourth-order valence-electron chi connectivity index (χ4n) is 3.06. The second-order valence-electron chi connectivity index (χ2n) is 7.89. The standard InChI is InChI=1S/C18H30Br2O2S/c1-12(2)7-6-8-13(3)9-10-17(4,5)18(20)14(16(21)22)11-15(19)23-18/h11-14H,6-10H2,1-5H3,(H,21,22). The van der Waals surface area contributed by atoms with E-state index in [1.807, 2.05) is 6.08 Å². The summed E-state index contributed by atoms with van der Waals surface area (Å²) in [7, 11) is 0. The molecular formula is C18H30Br2O2S. The maximum Gasteiger partial charge on any atom is 0.312 e. The van der Waals surface area contributed by atoms with Crippen LogP contribution in [0.2, 0.25) is 0 Å². The Bertz CT molecular complexity index is 448. The minimum atomic E-state index is -0.762. The number of carbonyl (C=O) groups is 1. The molecule has 1 rings (SSSR count).